The van der Waals surface area contributed by atoms with Crippen LogP contribution in [0.1, 0.15) is 31.2 Å². The van der Waals surface area contributed by atoms with Gasteiger partial charge in [0.15, 0.2) is 0 Å². The van der Waals surface area contributed by atoms with Gasteiger partial charge in [-0.3, -0.25) is 0 Å². The van der Waals surface area contributed by atoms with Gasteiger partial charge in [0.1, 0.15) is 6.61 Å². The zero-order chi connectivity index (χ0) is 14.0. The Labute approximate surface area is 120 Å². The lowest BCUT2D eigenvalue weighted by Gasteiger charge is -2.48. The van der Waals surface area contributed by atoms with Crippen molar-refractivity contribution in [3.63, 3.8) is 0 Å². The second kappa shape index (κ2) is 5.31. The predicted molar refractivity (Wildman–Crippen MR) is 78.2 cm³/mol. The summed E-state index contributed by atoms with van der Waals surface area (Å²) in [5.41, 5.74) is 2.85. The maximum atomic E-state index is 12.0. The van der Waals surface area contributed by atoms with Gasteiger partial charge in [-0.2, -0.15) is 0 Å². The number of benzene rings is 1. The summed E-state index contributed by atoms with van der Waals surface area (Å²) >= 11 is 0. The predicted octanol–water partition coefficient (Wildman–Crippen LogP) is 3.76. The zero-order valence-electron chi connectivity index (χ0n) is 11.8. The first-order valence-corrected chi connectivity index (χ1v) is 7.29. The maximum Gasteiger partial charge on any atom is 0.410 e. The summed E-state index contributed by atoms with van der Waals surface area (Å²) in [5.74, 6) is 0. The van der Waals surface area contributed by atoms with Crippen LogP contribution in [0.4, 0.5) is 4.79 Å². The van der Waals surface area contributed by atoms with Crippen molar-refractivity contribution in [2.75, 3.05) is 13.1 Å². The quantitative estimate of drug-likeness (QED) is 0.767. The second-order valence-corrected chi connectivity index (χ2v) is 6.13. The number of ether oxygens (including phenoxy) is 1. The third-order valence-electron chi connectivity index (χ3n) is 4.54. The Morgan fingerprint density at radius 2 is 1.85 bits per heavy atom. The Morgan fingerprint density at radius 3 is 2.45 bits per heavy atom. The van der Waals surface area contributed by atoms with Gasteiger partial charge in [0.25, 0.3) is 0 Å². The van der Waals surface area contributed by atoms with Crippen LogP contribution in [0.3, 0.4) is 0 Å². The second-order valence-electron chi connectivity index (χ2n) is 6.13. The summed E-state index contributed by atoms with van der Waals surface area (Å²) in [7, 11) is 0. The van der Waals surface area contributed by atoms with E-state index in [2.05, 4.69) is 6.58 Å². The van der Waals surface area contributed by atoms with Crippen molar-refractivity contribution < 1.29 is 9.53 Å². The molecule has 1 aliphatic carbocycles. The standard InChI is InChI=1S/C17H21NO2/c1-14-11-17(12-14)7-9-18(10-8-17)16(19)20-13-15-5-3-2-4-6-15/h2-6H,1,7-13H2. The van der Waals surface area contributed by atoms with Gasteiger partial charge in [0.05, 0.1) is 0 Å². The van der Waals surface area contributed by atoms with Crippen LogP contribution in [0.2, 0.25) is 0 Å². The van der Waals surface area contributed by atoms with Crippen LogP contribution in [-0.2, 0) is 11.3 Å². The van der Waals surface area contributed by atoms with Gasteiger partial charge in [-0.1, -0.05) is 42.5 Å². The first kappa shape index (κ1) is 13.2. The molecule has 0 aromatic heterocycles. The molecule has 1 saturated carbocycles. The number of rotatable bonds is 2. The first-order valence-electron chi connectivity index (χ1n) is 7.29. The number of hydrogen-bond acceptors (Lipinski definition) is 2. The molecule has 1 aromatic carbocycles. The van der Waals surface area contributed by atoms with Crippen LogP contribution in [0.5, 0.6) is 0 Å². The van der Waals surface area contributed by atoms with Crippen LogP contribution in [0.25, 0.3) is 0 Å². The van der Waals surface area contributed by atoms with Crippen LogP contribution in [0.15, 0.2) is 42.5 Å². The number of hydrogen-bond donors (Lipinski definition) is 0. The molecular formula is C17H21NO2. The minimum Gasteiger partial charge on any atom is -0.445 e. The fourth-order valence-electron chi connectivity index (χ4n) is 3.34. The van der Waals surface area contributed by atoms with E-state index < -0.39 is 0 Å². The van der Waals surface area contributed by atoms with E-state index in [1.54, 1.807) is 0 Å². The van der Waals surface area contributed by atoms with Gasteiger partial charge < -0.3 is 9.64 Å². The smallest absolute Gasteiger partial charge is 0.410 e. The van der Waals surface area contributed by atoms with E-state index in [1.165, 1.54) is 5.57 Å². The topological polar surface area (TPSA) is 29.5 Å². The number of carbonyl (C=O) groups excluding carboxylic acids is 1. The van der Waals surface area contributed by atoms with Crippen LogP contribution in [-0.4, -0.2) is 24.1 Å². The van der Waals surface area contributed by atoms with Gasteiger partial charge in [-0.05, 0) is 36.7 Å². The molecule has 1 aliphatic heterocycles. The van der Waals surface area contributed by atoms with Gasteiger partial charge in [0.2, 0.25) is 0 Å². The Balaban J connectivity index is 1.46. The number of carbonyl (C=O) groups is 1. The summed E-state index contributed by atoms with van der Waals surface area (Å²) < 4.78 is 5.38. The van der Waals surface area contributed by atoms with E-state index in [4.69, 9.17) is 4.74 Å². The highest BCUT2D eigenvalue weighted by Crippen LogP contribution is 2.51. The molecule has 3 nitrogen and oxygen atoms in total. The summed E-state index contributed by atoms with van der Waals surface area (Å²) in [6, 6.07) is 9.81. The molecule has 0 N–H and O–H groups in total. The lowest BCUT2D eigenvalue weighted by atomic mass is 9.61. The summed E-state index contributed by atoms with van der Waals surface area (Å²) in [6.07, 6.45) is 4.31. The minimum atomic E-state index is -0.179. The molecule has 1 heterocycles. The highest BCUT2D eigenvalue weighted by molar-refractivity contribution is 5.67. The maximum absolute atomic E-state index is 12.0. The third kappa shape index (κ3) is 2.72. The van der Waals surface area contributed by atoms with Crippen molar-refractivity contribution in [3.8, 4) is 0 Å². The molecule has 1 saturated heterocycles. The Morgan fingerprint density at radius 1 is 1.20 bits per heavy atom. The molecule has 0 radical (unpaired) electrons. The molecule has 2 aliphatic rings. The summed E-state index contributed by atoms with van der Waals surface area (Å²) in [6.45, 7) is 6.02. The molecule has 1 spiro atoms. The van der Waals surface area contributed by atoms with Crippen molar-refractivity contribution >= 4 is 6.09 Å². The molecule has 3 heteroatoms. The molecular weight excluding hydrogens is 250 g/mol. The van der Waals surface area contributed by atoms with E-state index in [0.717, 1.165) is 44.3 Å². The van der Waals surface area contributed by atoms with Crippen molar-refractivity contribution in [1.82, 2.24) is 4.90 Å². The zero-order valence-corrected chi connectivity index (χ0v) is 11.8. The molecule has 0 atom stereocenters. The average Bonchev–Trinajstić information content (AvgIpc) is 2.45. The highest BCUT2D eigenvalue weighted by atomic mass is 16.6. The monoisotopic (exact) mass is 271 g/mol. The molecule has 1 aromatic rings. The lowest BCUT2D eigenvalue weighted by molar-refractivity contribution is 0.0462. The molecule has 0 bridgehead atoms. The average molecular weight is 271 g/mol. The molecule has 1 amide bonds. The number of likely N-dealkylation sites (tertiary alicyclic amines) is 1. The minimum absolute atomic E-state index is 0.179. The van der Waals surface area contributed by atoms with Gasteiger partial charge >= 0.3 is 6.09 Å². The molecule has 0 unspecified atom stereocenters. The fourth-order valence-corrected chi connectivity index (χ4v) is 3.34. The Hall–Kier alpha value is -1.77. The van der Waals surface area contributed by atoms with Gasteiger partial charge in [-0.15, -0.1) is 0 Å². The fraction of sp³-hybridized carbons (Fsp3) is 0.471. The number of nitrogens with zero attached hydrogens (tertiary/aromatic N) is 1. The van der Waals surface area contributed by atoms with Crippen molar-refractivity contribution in [2.45, 2.75) is 32.3 Å². The van der Waals surface area contributed by atoms with Crippen molar-refractivity contribution in [3.05, 3.63) is 48.0 Å². The van der Waals surface area contributed by atoms with Crippen LogP contribution in [0, 0.1) is 5.41 Å². The number of piperidine rings is 1. The SMILES string of the molecule is C=C1CC2(CCN(C(=O)OCc3ccccc3)CC2)C1. The number of allylic oxidation sites excluding steroid dienone is 1. The molecule has 3 rings (SSSR count). The van der Waals surface area contributed by atoms with Crippen molar-refractivity contribution in [1.29, 1.82) is 0 Å². The first-order chi connectivity index (χ1) is 9.67. The van der Waals surface area contributed by atoms with E-state index in [9.17, 15) is 4.79 Å². The lowest BCUT2D eigenvalue weighted by Crippen LogP contribution is -2.46. The normalized spacial score (nSPS) is 20.6. The molecule has 2 fully saturated rings. The largest absolute Gasteiger partial charge is 0.445 e. The molecule has 20 heavy (non-hydrogen) atoms. The van der Waals surface area contributed by atoms with Crippen molar-refractivity contribution in [2.24, 2.45) is 5.41 Å². The van der Waals surface area contributed by atoms with Gasteiger partial charge in [0, 0.05) is 13.1 Å². The van der Waals surface area contributed by atoms with Crippen LogP contribution < -0.4 is 0 Å². The Kier molecular flexibility index (Phi) is 3.51. The third-order valence-corrected chi connectivity index (χ3v) is 4.54. The summed E-state index contributed by atoms with van der Waals surface area (Å²) in [4.78, 5) is 13.9. The van der Waals surface area contributed by atoms with E-state index in [0.29, 0.717) is 12.0 Å². The molecule has 106 valence electrons. The van der Waals surface area contributed by atoms with Crippen LogP contribution >= 0.6 is 0 Å². The Bertz CT molecular complexity index is 491. The highest BCUT2D eigenvalue weighted by Gasteiger charge is 2.42. The summed E-state index contributed by atoms with van der Waals surface area (Å²) in [5, 5.41) is 0. The number of amides is 1. The van der Waals surface area contributed by atoms with Gasteiger partial charge in [-0.25, -0.2) is 4.79 Å². The van der Waals surface area contributed by atoms with E-state index in [1.807, 2.05) is 35.2 Å². The van der Waals surface area contributed by atoms with E-state index in [-0.39, 0.29) is 6.09 Å². The van der Waals surface area contributed by atoms with E-state index >= 15 is 0 Å².